The number of primary amides is 1. The summed E-state index contributed by atoms with van der Waals surface area (Å²) in [4.78, 5) is 127. The number of carboxylic acids is 1. The number of amides is 6. The maximum atomic E-state index is 14.2. The number of carbonyl (C=O) groups excluding carboxylic acids is 6. The fourth-order valence-corrected chi connectivity index (χ4v) is 5.94. The summed E-state index contributed by atoms with van der Waals surface area (Å²) in [5, 5.41) is 22.6. The molecule has 0 aliphatic rings. The number of nitrogens with one attached hydrogen (secondary N) is 10. The Hall–Kier alpha value is -7.70. The van der Waals surface area contributed by atoms with Crippen molar-refractivity contribution in [3.63, 3.8) is 0 Å². The minimum absolute atomic E-state index is 0.0668. The highest BCUT2D eigenvalue weighted by Gasteiger charge is 2.34. The summed E-state index contributed by atoms with van der Waals surface area (Å²) >= 11 is 0. The summed E-state index contributed by atoms with van der Waals surface area (Å²) in [6.45, 7) is 0. The second-order valence-electron chi connectivity index (χ2n) is 13.7. The molecule has 0 fully saturated rings. The molecule has 5 rings (SSSR count). The molecule has 6 amide bonds. The van der Waals surface area contributed by atoms with Gasteiger partial charge in [0.2, 0.25) is 35.4 Å². The van der Waals surface area contributed by atoms with Gasteiger partial charge in [-0.25, -0.2) is 29.7 Å². The van der Waals surface area contributed by atoms with Gasteiger partial charge in [0, 0.05) is 98.0 Å². The lowest BCUT2D eigenvalue weighted by Gasteiger charge is -2.27. The number of imidazole rings is 5. The number of hydrogen-bond acceptors (Lipinski definition) is 13. The van der Waals surface area contributed by atoms with Crippen molar-refractivity contribution >= 4 is 41.4 Å². The molecule has 0 unspecified atom stereocenters. The molecule has 5 heterocycles. The van der Waals surface area contributed by atoms with E-state index in [0.29, 0.717) is 28.5 Å². The van der Waals surface area contributed by atoms with Crippen LogP contribution in [0.2, 0.25) is 0 Å². The third-order valence-corrected chi connectivity index (χ3v) is 9.07. The lowest BCUT2D eigenvalue weighted by Crippen LogP contribution is -2.60. The van der Waals surface area contributed by atoms with Crippen molar-refractivity contribution in [3.05, 3.63) is 91.1 Å². The quantitative estimate of drug-likeness (QED) is 0.0281. The van der Waals surface area contributed by atoms with Crippen LogP contribution >= 0.6 is 0 Å². The van der Waals surface area contributed by atoms with Crippen LogP contribution in [0, 0.1) is 0 Å². The molecule has 0 aliphatic carbocycles. The lowest BCUT2D eigenvalue weighted by atomic mass is 10.0. The maximum Gasteiger partial charge on any atom is 0.326 e. The number of aliphatic carboxylic acids is 1. The van der Waals surface area contributed by atoms with Gasteiger partial charge in [0.15, 0.2) is 0 Å². The minimum atomic E-state index is -1.52. The molecule has 25 nitrogen and oxygen atoms in total. The zero-order chi connectivity index (χ0) is 43.0. The third-order valence-electron chi connectivity index (χ3n) is 9.07. The number of rotatable bonds is 24. The number of hydrogen-bond donors (Lipinski definition) is 13. The zero-order valence-electron chi connectivity index (χ0n) is 31.9. The Morgan fingerprint density at radius 3 is 1.03 bits per heavy atom. The average Bonchev–Trinajstić information content (AvgIpc) is 4.07. The number of carboxylic acid groups (broad SMARTS) is 1. The smallest absolute Gasteiger partial charge is 0.326 e. The van der Waals surface area contributed by atoms with Crippen molar-refractivity contribution in [2.75, 3.05) is 0 Å². The Labute approximate surface area is 339 Å². The fourth-order valence-electron chi connectivity index (χ4n) is 5.94. The summed E-state index contributed by atoms with van der Waals surface area (Å²) in [7, 11) is 0. The van der Waals surface area contributed by atoms with E-state index in [9.17, 15) is 38.7 Å². The van der Waals surface area contributed by atoms with Crippen LogP contribution in [0.25, 0.3) is 0 Å². The first-order valence-electron chi connectivity index (χ1n) is 18.5. The van der Waals surface area contributed by atoms with Gasteiger partial charge < -0.3 is 68.1 Å². The van der Waals surface area contributed by atoms with Gasteiger partial charge in [-0.15, -0.1) is 0 Å². The highest BCUT2D eigenvalue weighted by Crippen LogP contribution is 2.09. The van der Waals surface area contributed by atoms with E-state index in [1.807, 2.05) is 0 Å². The Kier molecular flexibility index (Phi) is 15.3. The van der Waals surface area contributed by atoms with Crippen molar-refractivity contribution in [2.24, 2.45) is 11.5 Å². The Morgan fingerprint density at radius 1 is 0.483 bits per heavy atom. The molecule has 0 saturated carbocycles. The highest BCUT2D eigenvalue weighted by molar-refractivity contribution is 5.96. The average molecular weight is 832 g/mol. The normalized spacial score (nSPS) is 14.1. The van der Waals surface area contributed by atoms with Crippen LogP contribution in [-0.2, 0) is 65.7 Å². The number of nitrogens with zero attached hydrogens (tertiary/aromatic N) is 5. The van der Waals surface area contributed by atoms with E-state index >= 15 is 0 Å². The molecule has 0 radical (unpaired) electrons. The Bertz CT molecular complexity index is 2140. The number of aromatic amines is 5. The van der Waals surface area contributed by atoms with Gasteiger partial charge in [-0.2, -0.15) is 0 Å². The van der Waals surface area contributed by atoms with Crippen molar-refractivity contribution < 1.29 is 38.7 Å². The fraction of sp³-hybridized carbons (Fsp3) is 0.371. The van der Waals surface area contributed by atoms with Crippen LogP contribution in [0.5, 0.6) is 0 Å². The van der Waals surface area contributed by atoms with Crippen LogP contribution in [0.4, 0.5) is 0 Å². The number of nitrogens with two attached hydrogens (primary N) is 2. The first-order valence-corrected chi connectivity index (χ1v) is 18.5. The second kappa shape index (κ2) is 21.2. The van der Waals surface area contributed by atoms with E-state index in [1.165, 1.54) is 62.6 Å². The van der Waals surface area contributed by atoms with Gasteiger partial charge in [0.05, 0.1) is 37.7 Å². The summed E-state index contributed by atoms with van der Waals surface area (Å²) in [5.41, 5.74) is 13.7. The van der Waals surface area contributed by atoms with Gasteiger partial charge >= 0.3 is 5.97 Å². The first kappa shape index (κ1) is 43.4. The monoisotopic (exact) mass is 831 g/mol. The summed E-state index contributed by atoms with van der Waals surface area (Å²) in [5.74, 6) is -6.28. The van der Waals surface area contributed by atoms with E-state index in [0.717, 1.165) is 0 Å². The van der Waals surface area contributed by atoms with Gasteiger partial charge in [-0.3, -0.25) is 28.8 Å². The maximum absolute atomic E-state index is 14.2. The van der Waals surface area contributed by atoms with E-state index in [-0.39, 0.29) is 44.9 Å². The number of aromatic nitrogens is 10. The zero-order valence-corrected chi connectivity index (χ0v) is 31.9. The first-order chi connectivity index (χ1) is 28.8. The van der Waals surface area contributed by atoms with Crippen LogP contribution in [-0.4, -0.2) is 133 Å². The summed E-state index contributed by atoms with van der Waals surface area (Å²) < 4.78 is 0. The SMILES string of the molecule is NC(=O)CC[C@H](NC(=O)[C@H](Cc1cnc[nH]1)NC(=O)[C@H](Cc1cnc[nH]1)NC(=O)[C@H](Cc1cnc[nH]1)NC(=O)[C@H](Cc1cnc[nH]1)NC(=O)[C@@H](N)Cc1cnc[nH]1)C(=O)O. The Morgan fingerprint density at radius 2 is 0.767 bits per heavy atom. The molecule has 0 spiro atoms. The van der Waals surface area contributed by atoms with E-state index in [1.54, 1.807) is 0 Å². The molecular formula is C35H45N17O8. The molecule has 318 valence electrons. The molecule has 15 N–H and O–H groups in total. The molecule has 5 aromatic rings. The molecule has 0 bridgehead atoms. The molecule has 0 aliphatic heterocycles. The predicted octanol–water partition coefficient (Wildman–Crippen LogP) is -4.08. The number of H-pyrrole nitrogens is 5. The second-order valence-corrected chi connectivity index (χ2v) is 13.7. The van der Waals surface area contributed by atoms with Crippen molar-refractivity contribution in [3.8, 4) is 0 Å². The van der Waals surface area contributed by atoms with Gasteiger partial charge in [-0.1, -0.05) is 0 Å². The van der Waals surface area contributed by atoms with Gasteiger partial charge in [-0.05, 0) is 6.42 Å². The van der Waals surface area contributed by atoms with Crippen molar-refractivity contribution in [1.29, 1.82) is 0 Å². The molecule has 5 aromatic heterocycles. The van der Waals surface area contributed by atoms with Crippen LogP contribution in [0.15, 0.2) is 62.6 Å². The molecule has 60 heavy (non-hydrogen) atoms. The summed E-state index contributed by atoms with van der Waals surface area (Å²) in [6.07, 6.45) is 13.0. The standard InChI is InChI=1S/C35H45N17O8/c36-23(3-18-8-38-13-43-18)30(54)49-25(4-19-9-39-14-44-19)32(56)51-27(6-21-11-41-16-46-21)34(58)52-28(7-22-12-42-17-47-22)33(57)50-26(5-20-10-40-15-45-20)31(55)48-24(35(59)60)1-2-29(37)53/h8-17,23-28H,1-7,36H2,(H2,37,53)(H,38,43)(H,39,44)(H,40,45)(H,41,46)(H,42,47)(H,48,55)(H,49,54)(H,50,57)(H,51,56)(H,52,58)(H,59,60)/t23-,24-,25-,26-,27-,28-/m0/s1. The van der Waals surface area contributed by atoms with Crippen LogP contribution in [0.3, 0.4) is 0 Å². The molecule has 0 saturated heterocycles. The Balaban J connectivity index is 1.36. The molecular weight excluding hydrogens is 786 g/mol. The van der Waals surface area contributed by atoms with Crippen molar-refractivity contribution in [2.45, 2.75) is 81.2 Å². The molecule has 0 aromatic carbocycles. The predicted molar refractivity (Wildman–Crippen MR) is 205 cm³/mol. The topological polar surface area (TPSA) is 395 Å². The van der Waals surface area contributed by atoms with Crippen LogP contribution in [0.1, 0.15) is 41.3 Å². The van der Waals surface area contributed by atoms with Gasteiger partial charge in [0.25, 0.3) is 0 Å². The van der Waals surface area contributed by atoms with Crippen LogP contribution < -0.4 is 38.1 Å². The lowest BCUT2D eigenvalue weighted by molar-refractivity contribution is -0.142. The number of carbonyl (C=O) groups is 7. The van der Waals surface area contributed by atoms with E-state index in [2.05, 4.69) is 76.4 Å². The van der Waals surface area contributed by atoms with Gasteiger partial charge in [0.1, 0.15) is 30.2 Å². The van der Waals surface area contributed by atoms with E-state index < -0.39 is 77.7 Å². The van der Waals surface area contributed by atoms with Crippen molar-refractivity contribution in [1.82, 2.24) is 76.4 Å². The molecule has 25 heteroatoms. The molecule has 6 atom stereocenters. The highest BCUT2D eigenvalue weighted by atomic mass is 16.4. The third kappa shape index (κ3) is 13.2. The minimum Gasteiger partial charge on any atom is -0.480 e. The largest absolute Gasteiger partial charge is 0.480 e. The summed E-state index contributed by atoms with van der Waals surface area (Å²) in [6, 6.07) is -8.05. The van der Waals surface area contributed by atoms with E-state index in [4.69, 9.17) is 11.5 Å².